The average molecular weight is 441 g/mol. The van der Waals surface area contributed by atoms with Crippen molar-refractivity contribution in [3.05, 3.63) is 94.3 Å². The Bertz CT molecular complexity index is 1040. The number of hydrazone groups is 1. The molecule has 7 heteroatoms. The summed E-state index contributed by atoms with van der Waals surface area (Å²) in [5.74, 6) is 0.587. The molecule has 0 fully saturated rings. The highest BCUT2D eigenvalue weighted by Crippen LogP contribution is 2.22. The zero-order chi connectivity index (χ0) is 22.1. The van der Waals surface area contributed by atoms with Gasteiger partial charge in [-0.2, -0.15) is 5.10 Å². The highest BCUT2D eigenvalue weighted by atomic mass is 35.5. The van der Waals surface area contributed by atoms with E-state index in [0.29, 0.717) is 34.3 Å². The van der Waals surface area contributed by atoms with Gasteiger partial charge in [0.05, 0.1) is 12.8 Å². The molecule has 0 aliphatic heterocycles. The van der Waals surface area contributed by atoms with E-state index in [1.807, 2.05) is 6.92 Å². The van der Waals surface area contributed by atoms with Crippen LogP contribution >= 0.6 is 11.6 Å². The van der Waals surface area contributed by atoms with Crippen LogP contribution in [0.5, 0.6) is 11.5 Å². The zero-order valence-corrected chi connectivity index (χ0v) is 17.7. The van der Waals surface area contributed by atoms with E-state index in [2.05, 4.69) is 10.5 Å². The highest BCUT2D eigenvalue weighted by Gasteiger charge is 2.07. The average Bonchev–Trinajstić information content (AvgIpc) is 2.78. The molecule has 31 heavy (non-hydrogen) atoms. The maximum Gasteiger partial charge on any atom is 0.271 e. The number of halogens is 2. The summed E-state index contributed by atoms with van der Waals surface area (Å²) in [6.07, 6.45) is 2.37. The van der Waals surface area contributed by atoms with Gasteiger partial charge in [-0.3, -0.25) is 4.79 Å². The molecule has 3 aromatic carbocycles. The van der Waals surface area contributed by atoms with E-state index in [-0.39, 0.29) is 18.3 Å². The molecule has 0 unspecified atom stereocenters. The second-order valence-electron chi connectivity index (χ2n) is 6.67. The summed E-state index contributed by atoms with van der Waals surface area (Å²) in [6, 6.07) is 18.0. The summed E-state index contributed by atoms with van der Waals surface area (Å²) in [6.45, 7) is 2.90. The number of amides is 1. The third kappa shape index (κ3) is 6.83. The van der Waals surface area contributed by atoms with Crippen LogP contribution in [0.1, 0.15) is 34.8 Å². The Balaban J connectivity index is 1.62. The van der Waals surface area contributed by atoms with Crippen LogP contribution in [-0.4, -0.2) is 18.7 Å². The van der Waals surface area contributed by atoms with E-state index in [9.17, 15) is 9.18 Å². The lowest BCUT2D eigenvalue weighted by atomic mass is 10.2. The predicted octanol–water partition coefficient (Wildman–Crippen LogP) is 5.61. The lowest BCUT2D eigenvalue weighted by molar-refractivity contribution is 0.0955. The van der Waals surface area contributed by atoms with Gasteiger partial charge < -0.3 is 9.47 Å². The van der Waals surface area contributed by atoms with Crippen molar-refractivity contribution in [1.82, 2.24) is 5.43 Å². The third-order valence-electron chi connectivity index (χ3n) is 4.24. The first kappa shape index (κ1) is 22.3. The molecule has 0 saturated heterocycles. The number of nitrogens with one attached hydrogen (secondary N) is 1. The van der Waals surface area contributed by atoms with E-state index in [1.54, 1.807) is 54.6 Å². The topological polar surface area (TPSA) is 59.9 Å². The minimum Gasteiger partial charge on any atom is -0.494 e. The van der Waals surface area contributed by atoms with Crippen LogP contribution in [-0.2, 0) is 6.61 Å². The first-order chi connectivity index (χ1) is 15.0. The standard InChI is InChI=1S/C24H22ClFN2O3/c1-2-13-30-22-10-5-18(6-11-22)24(29)28-27-15-19-14-20(25)7-12-23(19)31-16-17-3-8-21(26)9-4-17/h3-12,14-15H,2,13,16H2,1H3,(H,28,29)/b27-15+. The summed E-state index contributed by atoms with van der Waals surface area (Å²) < 4.78 is 24.4. The number of rotatable bonds is 9. The molecule has 0 atom stereocenters. The Morgan fingerprint density at radius 1 is 1.06 bits per heavy atom. The molecular weight excluding hydrogens is 419 g/mol. The number of hydrogen-bond acceptors (Lipinski definition) is 4. The number of hydrogen-bond donors (Lipinski definition) is 1. The molecule has 0 aliphatic carbocycles. The van der Waals surface area contributed by atoms with Crippen LogP contribution < -0.4 is 14.9 Å². The van der Waals surface area contributed by atoms with E-state index in [1.165, 1.54) is 18.3 Å². The van der Waals surface area contributed by atoms with Gasteiger partial charge in [-0.25, -0.2) is 9.82 Å². The molecule has 3 rings (SSSR count). The van der Waals surface area contributed by atoms with Gasteiger partial charge in [-0.05, 0) is 66.6 Å². The molecule has 1 amide bonds. The van der Waals surface area contributed by atoms with Gasteiger partial charge in [0.2, 0.25) is 0 Å². The smallest absolute Gasteiger partial charge is 0.271 e. The number of benzene rings is 3. The van der Waals surface area contributed by atoms with Gasteiger partial charge in [0.15, 0.2) is 0 Å². The second kappa shape index (κ2) is 11.1. The lowest BCUT2D eigenvalue weighted by Gasteiger charge is -2.10. The Morgan fingerprint density at radius 3 is 2.52 bits per heavy atom. The Labute approximate surface area is 185 Å². The first-order valence-corrected chi connectivity index (χ1v) is 10.2. The molecule has 1 N–H and O–H groups in total. The molecule has 0 aromatic heterocycles. The summed E-state index contributed by atoms with van der Waals surface area (Å²) in [5, 5.41) is 4.52. The van der Waals surface area contributed by atoms with E-state index in [0.717, 1.165) is 12.0 Å². The van der Waals surface area contributed by atoms with Crippen LogP contribution in [0.4, 0.5) is 4.39 Å². The van der Waals surface area contributed by atoms with Gasteiger partial charge in [0, 0.05) is 16.1 Å². The van der Waals surface area contributed by atoms with E-state index < -0.39 is 0 Å². The van der Waals surface area contributed by atoms with Gasteiger partial charge in [0.1, 0.15) is 23.9 Å². The molecule has 3 aromatic rings. The van der Waals surface area contributed by atoms with Crippen molar-refractivity contribution in [2.24, 2.45) is 5.10 Å². The largest absolute Gasteiger partial charge is 0.494 e. The van der Waals surface area contributed by atoms with Gasteiger partial charge >= 0.3 is 0 Å². The van der Waals surface area contributed by atoms with Crippen LogP contribution in [0.25, 0.3) is 0 Å². The summed E-state index contributed by atoms with van der Waals surface area (Å²) in [5.41, 5.74) is 4.36. The molecule has 160 valence electrons. The monoisotopic (exact) mass is 440 g/mol. The maximum absolute atomic E-state index is 13.0. The SMILES string of the molecule is CCCOc1ccc(C(=O)N/N=C/c2cc(Cl)ccc2OCc2ccc(F)cc2)cc1. The molecule has 0 spiro atoms. The summed E-state index contributed by atoms with van der Waals surface area (Å²) >= 11 is 6.08. The van der Waals surface area contributed by atoms with Gasteiger partial charge in [-0.1, -0.05) is 30.7 Å². The van der Waals surface area contributed by atoms with Crippen molar-refractivity contribution < 1.29 is 18.7 Å². The van der Waals surface area contributed by atoms with Crippen LogP contribution in [0, 0.1) is 5.82 Å². The number of nitrogens with zero attached hydrogens (tertiary/aromatic N) is 1. The number of carbonyl (C=O) groups is 1. The highest BCUT2D eigenvalue weighted by molar-refractivity contribution is 6.30. The predicted molar refractivity (Wildman–Crippen MR) is 119 cm³/mol. The Kier molecular flexibility index (Phi) is 8.01. The van der Waals surface area contributed by atoms with Crippen molar-refractivity contribution in [3.63, 3.8) is 0 Å². The van der Waals surface area contributed by atoms with E-state index >= 15 is 0 Å². The summed E-state index contributed by atoms with van der Waals surface area (Å²) in [7, 11) is 0. The van der Waals surface area contributed by atoms with Crippen molar-refractivity contribution in [2.45, 2.75) is 20.0 Å². The minimum absolute atomic E-state index is 0.252. The quantitative estimate of drug-likeness (QED) is 0.347. The minimum atomic E-state index is -0.353. The molecule has 0 radical (unpaired) electrons. The van der Waals surface area contributed by atoms with Gasteiger partial charge in [-0.15, -0.1) is 0 Å². The molecular formula is C24H22ClFN2O3. The van der Waals surface area contributed by atoms with Crippen molar-refractivity contribution >= 4 is 23.7 Å². The molecule has 0 bridgehead atoms. The van der Waals surface area contributed by atoms with Crippen molar-refractivity contribution in [2.75, 3.05) is 6.61 Å². The Morgan fingerprint density at radius 2 is 1.81 bits per heavy atom. The first-order valence-electron chi connectivity index (χ1n) is 9.78. The zero-order valence-electron chi connectivity index (χ0n) is 17.0. The molecule has 0 heterocycles. The molecule has 5 nitrogen and oxygen atoms in total. The number of carbonyl (C=O) groups excluding carboxylic acids is 1. The van der Waals surface area contributed by atoms with Crippen molar-refractivity contribution in [3.8, 4) is 11.5 Å². The van der Waals surface area contributed by atoms with Crippen LogP contribution in [0.15, 0.2) is 71.8 Å². The van der Waals surface area contributed by atoms with Crippen LogP contribution in [0.2, 0.25) is 5.02 Å². The van der Waals surface area contributed by atoms with Crippen molar-refractivity contribution in [1.29, 1.82) is 0 Å². The lowest BCUT2D eigenvalue weighted by Crippen LogP contribution is -2.17. The van der Waals surface area contributed by atoms with Gasteiger partial charge in [0.25, 0.3) is 5.91 Å². The van der Waals surface area contributed by atoms with Crippen LogP contribution in [0.3, 0.4) is 0 Å². The summed E-state index contributed by atoms with van der Waals surface area (Å²) in [4.78, 5) is 12.3. The maximum atomic E-state index is 13.0. The number of ether oxygens (including phenoxy) is 2. The second-order valence-corrected chi connectivity index (χ2v) is 7.11. The molecule has 0 aliphatic rings. The fraction of sp³-hybridized carbons (Fsp3) is 0.167. The molecule has 0 saturated carbocycles. The third-order valence-corrected chi connectivity index (χ3v) is 4.47. The fourth-order valence-corrected chi connectivity index (χ4v) is 2.82. The Hall–Kier alpha value is -3.38. The van der Waals surface area contributed by atoms with E-state index in [4.69, 9.17) is 21.1 Å². The normalized spacial score (nSPS) is 10.8. The fourth-order valence-electron chi connectivity index (χ4n) is 2.64.